The predicted octanol–water partition coefficient (Wildman–Crippen LogP) is 1.11. The van der Waals surface area contributed by atoms with Crippen molar-refractivity contribution in [3.63, 3.8) is 0 Å². The maximum atomic E-state index is 11.4. The highest BCUT2D eigenvalue weighted by Crippen LogP contribution is 2.16. The van der Waals surface area contributed by atoms with Crippen LogP contribution in [0.4, 0.5) is 5.69 Å². The Bertz CT molecular complexity index is 365. The quantitative estimate of drug-likeness (QED) is 0.776. The molecule has 0 saturated carbocycles. The Labute approximate surface area is 103 Å². The summed E-state index contributed by atoms with van der Waals surface area (Å²) in [6, 6.07) is 8.02. The van der Waals surface area contributed by atoms with E-state index >= 15 is 0 Å². The van der Waals surface area contributed by atoms with Gasteiger partial charge in [-0.25, -0.2) is 0 Å². The molecule has 0 aliphatic rings. The summed E-state index contributed by atoms with van der Waals surface area (Å²) in [6.45, 7) is 3.87. The van der Waals surface area contributed by atoms with Gasteiger partial charge in [-0.15, -0.1) is 0 Å². The lowest BCUT2D eigenvalue weighted by Crippen LogP contribution is -2.36. The number of likely N-dealkylation sites (N-methyl/N-ethyl adjacent to an activating group) is 1. The number of carbonyl (C=O) groups is 1. The van der Waals surface area contributed by atoms with Crippen LogP contribution in [0.5, 0.6) is 0 Å². The van der Waals surface area contributed by atoms with Crippen molar-refractivity contribution in [3.8, 4) is 0 Å². The van der Waals surface area contributed by atoms with Crippen LogP contribution in [0, 0.1) is 0 Å². The van der Waals surface area contributed by atoms with E-state index in [1.165, 1.54) is 0 Å². The van der Waals surface area contributed by atoms with Crippen molar-refractivity contribution in [2.24, 2.45) is 5.73 Å². The third-order valence-electron chi connectivity index (χ3n) is 2.62. The van der Waals surface area contributed by atoms with Crippen molar-refractivity contribution in [1.82, 2.24) is 5.32 Å². The van der Waals surface area contributed by atoms with Crippen molar-refractivity contribution >= 4 is 11.6 Å². The Morgan fingerprint density at radius 1 is 1.47 bits per heavy atom. The molecule has 1 aromatic rings. The molecule has 1 aromatic carbocycles. The van der Waals surface area contributed by atoms with Crippen LogP contribution in [0.15, 0.2) is 24.3 Å². The SMILES string of the molecule is CCCN(CC(=O)NC)c1cccc(CN)c1. The average molecular weight is 235 g/mol. The van der Waals surface area contributed by atoms with Crippen molar-refractivity contribution in [2.45, 2.75) is 19.9 Å². The van der Waals surface area contributed by atoms with Gasteiger partial charge in [-0.3, -0.25) is 4.79 Å². The van der Waals surface area contributed by atoms with Crippen LogP contribution in [-0.4, -0.2) is 26.0 Å². The second kappa shape index (κ2) is 6.91. The van der Waals surface area contributed by atoms with E-state index in [0.29, 0.717) is 13.1 Å². The fraction of sp³-hybridized carbons (Fsp3) is 0.462. The monoisotopic (exact) mass is 235 g/mol. The molecule has 0 atom stereocenters. The molecule has 94 valence electrons. The topological polar surface area (TPSA) is 58.4 Å². The Hall–Kier alpha value is -1.55. The number of hydrogen-bond acceptors (Lipinski definition) is 3. The number of nitrogens with one attached hydrogen (secondary N) is 1. The van der Waals surface area contributed by atoms with Gasteiger partial charge in [0.15, 0.2) is 0 Å². The first-order chi connectivity index (χ1) is 8.21. The number of amides is 1. The van der Waals surface area contributed by atoms with Crippen LogP contribution in [0.3, 0.4) is 0 Å². The molecule has 0 spiro atoms. The Balaban J connectivity index is 2.84. The van der Waals surface area contributed by atoms with Gasteiger partial charge in [0, 0.05) is 25.8 Å². The third kappa shape index (κ3) is 4.07. The predicted molar refractivity (Wildman–Crippen MR) is 70.9 cm³/mol. The molecule has 3 N–H and O–H groups in total. The molecule has 1 amide bonds. The van der Waals surface area contributed by atoms with E-state index in [1.54, 1.807) is 7.05 Å². The Kier molecular flexibility index (Phi) is 5.49. The molecule has 0 bridgehead atoms. The second-order valence-electron chi connectivity index (χ2n) is 3.97. The molecule has 0 fully saturated rings. The zero-order valence-electron chi connectivity index (χ0n) is 10.6. The standard InChI is InChI=1S/C13H21N3O/c1-3-7-16(10-13(17)15-2)12-6-4-5-11(8-12)9-14/h4-6,8H,3,7,9-10,14H2,1-2H3,(H,15,17). The maximum absolute atomic E-state index is 11.4. The fourth-order valence-electron chi connectivity index (χ4n) is 1.70. The van der Waals surface area contributed by atoms with Gasteiger partial charge in [0.25, 0.3) is 0 Å². The fourth-order valence-corrected chi connectivity index (χ4v) is 1.70. The minimum atomic E-state index is 0.0246. The van der Waals surface area contributed by atoms with Gasteiger partial charge in [0.2, 0.25) is 5.91 Å². The lowest BCUT2D eigenvalue weighted by molar-refractivity contribution is -0.119. The van der Waals surface area contributed by atoms with E-state index in [2.05, 4.69) is 17.1 Å². The average Bonchev–Trinajstić information content (AvgIpc) is 2.38. The van der Waals surface area contributed by atoms with Gasteiger partial charge in [0.05, 0.1) is 6.54 Å². The van der Waals surface area contributed by atoms with Crippen LogP contribution < -0.4 is 16.0 Å². The Morgan fingerprint density at radius 3 is 2.82 bits per heavy atom. The van der Waals surface area contributed by atoms with Crippen molar-refractivity contribution < 1.29 is 4.79 Å². The third-order valence-corrected chi connectivity index (χ3v) is 2.62. The number of carbonyl (C=O) groups excluding carboxylic acids is 1. The van der Waals surface area contributed by atoms with Gasteiger partial charge >= 0.3 is 0 Å². The first-order valence-corrected chi connectivity index (χ1v) is 5.95. The highest BCUT2D eigenvalue weighted by molar-refractivity contribution is 5.81. The van der Waals surface area contributed by atoms with Crippen molar-refractivity contribution in [2.75, 3.05) is 25.0 Å². The summed E-state index contributed by atoms with van der Waals surface area (Å²) in [5.41, 5.74) is 7.76. The smallest absolute Gasteiger partial charge is 0.239 e. The number of anilines is 1. The molecule has 17 heavy (non-hydrogen) atoms. The van der Waals surface area contributed by atoms with E-state index in [1.807, 2.05) is 24.3 Å². The van der Waals surface area contributed by atoms with Crippen LogP contribution in [-0.2, 0) is 11.3 Å². The first kappa shape index (κ1) is 13.5. The lowest BCUT2D eigenvalue weighted by atomic mass is 10.2. The number of nitrogens with two attached hydrogens (primary N) is 1. The molecule has 4 heteroatoms. The van der Waals surface area contributed by atoms with Gasteiger partial charge < -0.3 is 16.0 Å². The molecule has 0 aliphatic heterocycles. The van der Waals surface area contributed by atoms with E-state index in [-0.39, 0.29) is 5.91 Å². The normalized spacial score (nSPS) is 10.1. The number of nitrogens with zero attached hydrogens (tertiary/aromatic N) is 1. The molecule has 0 aromatic heterocycles. The van der Waals surface area contributed by atoms with Gasteiger partial charge in [-0.1, -0.05) is 19.1 Å². The van der Waals surface area contributed by atoms with Crippen LogP contribution in [0.25, 0.3) is 0 Å². The number of rotatable bonds is 6. The van der Waals surface area contributed by atoms with Crippen LogP contribution in [0.2, 0.25) is 0 Å². The number of benzene rings is 1. The highest BCUT2D eigenvalue weighted by Gasteiger charge is 2.09. The molecular formula is C13H21N3O. The van der Waals surface area contributed by atoms with Crippen LogP contribution >= 0.6 is 0 Å². The first-order valence-electron chi connectivity index (χ1n) is 5.95. The summed E-state index contributed by atoms with van der Waals surface area (Å²) in [6.07, 6.45) is 1.00. The summed E-state index contributed by atoms with van der Waals surface area (Å²) in [4.78, 5) is 13.5. The molecule has 4 nitrogen and oxygen atoms in total. The van der Waals surface area contributed by atoms with Gasteiger partial charge in [-0.05, 0) is 24.1 Å². The minimum Gasteiger partial charge on any atom is -0.362 e. The second-order valence-corrected chi connectivity index (χ2v) is 3.97. The highest BCUT2D eigenvalue weighted by atomic mass is 16.1. The summed E-state index contributed by atoms with van der Waals surface area (Å²) in [7, 11) is 1.66. The largest absolute Gasteiger partial charge is 0.362 e. The molecule has 0 saturated heterocycles. The van der Waals surface area contributed by atoms with E-state index in [0.717, 1.165) is 24.2 Å². The molecule has 0 unspecified atom stereocenters. The summed E-state index contributed by atoms with van der Waals surface area (Å²) < 4.78 is 0. The van der Waals surface area contributed by atoms with E-state index < -0.39 is 0 Å². The molecule has 0 heterocycles. The minimum absolute atomic E-state index is 0.0246. The van der Waals surface area contributed by atoms with Gasteiger partial charge in [0.1, 0.15) is 0 Å². The van der Waals surface area contributed by atoms with E-state index in [9.17, 15) is 4.79 Å². The zero-order chi connectivity index (χ0) is 12.7. The van der Waals surface area contributed by atoms with E-state index in [4.69, 9.17) is 5.73 Å². The van der Waals surface area contributed by atoms with Gasteiger partial charge in [-0.2, -0.15) is 0 Å². The summed E-state index contributed by atoms with van der Waals surface area (Å²) >= 11 is 0. The van der Waals surface area contributed by atoms with Crippen molar-refractivity contribution in [1.29, 1.82) is 0 Å². The van der Waals surface area contributed by atoms with Crippen molar-refractivity contribution in [3.05, 3.63) is 29.8 Å². The zero-order valence-corrected chi connectivity index (χ0v) is 10.6. The number of hydrogen-bond donors (Lipinski definition) is 2. The maximum Gasteiger partial charge on any atom is 0.239 e. The molecule has 0 aliphatic carbocycles. The summed E-state index contributed by atoms with van der Waals surface area (Å²) in [5.74, 6) is 0.0246. The van der Waals surface area contributed by atoms with Crippen LogP contribution in [0.1, 0.15) is 18.9 Å². The molecule has 1 rings (SSSR count). The lowest BCUT2D eigenvalue weighted by Gasteiger charge is -2.23. The summed E-state index contributed by atoms with van der Waals surface area (Å²) in [5, 5.41) is 2.65. The Morgan fingerprint density at radius 2 is 2.24 bits per heavy atom. The molecule has 0 radical (unpaired) electrons. The molecular weight excluding hydrogens is 214 g/mol.